The number of imide groups is 1. The van der Waals surface area contributed by atoms with E-state index in [-0.39, 0.29) is 23.5 Å². The SMILES string of the molecule is N#Cc1ccc(N2C(=O)CC(N(CCc3cccc(Cl)c3)S(=O)(=O)c3ccc(Br)cc3)C2=O)cc1. The predicted molar refractivity (Wildman–Crippen MR) is 135 cm³/mol. The summed E-state index contributed by atoms with van der Waals surface area (Å²) in [5.41, 5.74) is 1.47. The molecule has 0 saturated carbocycles. The molecule has 1 unspecified atom stereocenters. The summed E-state index contributed by atoms with van der Waals surface area (Å²) < 4.78 is 29.1. The van der Waals surface area contributed by atoms with Crippen LogP contribution in [-0.2, 0) is 26.0 Å². The molecule has 4 rings (SSSR count). The molecule has 2 amide bonds. The van der Waals surface area contributed by atoms with Gasteiger partial charge in [-0.05, 0) is 72.6 Å². The third kappa shape index (κ3) is 5.31. The molecular weight excluding hydrogens is 554 g/mol. The number of sulfonamides is 1. The Hall–Kier alpha value is -3.03. The maximum Gasteiger partial charge on any atom is 0.252 e. The van der Waals surface area contributed by atoms with E-state index in [9.17, 15) is 18.0 Å². The number of anilines is 1. The highest BCUT2D eigenvalue weighted by Gasteiger charge is 2.46. The third-order valence-electron chi connectivity index (χ3n) is 5.66. The van der Waals surface area contributed by atoms with Crippen molar-refractivity contribution in [3.63, 3.8) is 0 Å². The van der Waals surface area contributed by atoms with Crippen LogP contribution < -0.4 is 4.90 Å². The Labute approximate surface area is 216 Å². The lowest BCUT2D eigenvalue weighted by Gasteiger charge is -2.27. The van der Waals surface area contributed by atoms with Crippen molar-refractivity contribution in [3.8, 4) is 6.07 Å². The number of halogens is 2. The van der Waals surface area contributed by atoms with Gasteiger partial charge in [-0.1, -0.05) is 39.7 Å². The molecule has 0 N–H and O–H groups in total. The zero-order valence-corrected chi connectivity index (χ0v) is 21.4. The molecule has 1 fully saturated rings. The lowest BCUT2D eigenvalue weighted by molar-refractivity contribution is -0.122. The van der Waals surface area contributed by atoms with Crippen molar-refractivity contribution in [2.45, 2.75) is 23.8 Å². The number of amides is 2. The summed E-state index contributed by atoms with van der Waals surface area (Å²) >= 11 is 9.38. The highest BCUT2D eigenvalue weighted by Crippen LogP contribution is 2.30. The topological polar surface area (TPSA) is 98.5 Å². The van der Waals surface area contributed by atoms with Gasteiger partial charge >= 0.3 is 0 Å². The van der Waals surface area contributed by atoms with Gasteiger partial charge in [0.05, 0.1) is 28.6 Å². The minimum Gasteiger partial charge on any atom is -0.274 e. The molecule has 3 aromatic carbocycles. The Morgan fingerprint density at radius 2 is 1.74 bits per heavy atom. The summed E-state index contributed by atoms with van der Waals surface area (Å²) in [4.78, 5) is 27.3. The molecule has 178 valence electrons. The Morgan fingerprint density at radius 3 is 2.37 bits per heavy atom. The standard InChI is InChI=1S/C25H19BrClN3O4S/c26-19-6-10-22(11-7-19)35(33,34)29(13-12-17-2-1-3-20(27)14-17)23-15-24(31)30(25(23)32)21-8-4-18(16-28)5-9-21/h1-11,14,23H,12-13,15H2. The van der Waals surface area contributed by atoms with E-state index in [4.69, 9.17) is 16.9 Å². The van der Waals surface area contributed by atoms with E-state index < -0.39 is 27.9 Å². The second-order valence-corrected chi connectivity index (χ2v) is 11.1. The summed E-state index contributed by atoms with van der Waals surface area (Å²) in [6, 6.07) is 19.9. The molecule has 0 aliphatic carbocycles. The summed E-state index contributed by atoms with van der Waals surface area (Å²) in [5.74, 6) is -1.14. The summed E-state index contributed by atoms with van der Waals surface area (Å²) in [7, 11) is -4.12. The fraction of sp³-hybridized carbons (Fsp3) is 0.160. The van der Waals surface area contributed by atoms with Crippen LogP contribution in [0.3, 0.4) is 0 Å². The minimum absolute atomic E-state index is 0.0175. The molecule has 1 aliphatic rings. The Bertz CT molecular complexity index is 1420. The smallest absolute Gasteiger partial charge is 0.252 e. The monoisotopic (exact) mass is 571 g/mol. The number of hydrogen-bond acceptors (Lipinski definition) is 5. The molecule has 10 heteroatoms. The van der Waals surface area contributed by atoms with Crippen LogP contribution in [0.15, 0.2) is 82.2 Å². The summed E-state index contributed by atoms with van der Waals surface area (Å²) in [6.07, 6.45) is 0.00922. The first-order valence-corrected chi connectivity index (χ1v) is 13.2. The average Bonchev–Trinajstić information content (AvgIpc) is 3.13. The normalized spacial score (nSPS) is 16.1. The average molecular weight is 573 g/mol. The highest BCUT2D eigenvalue weighted by molar-refractivity contribution is 9.10. The minimum atomic E-state index is -4.12. The van der Waals surface area contributed by atoms with Gasteiger partial charge in [-0.2, -0.15) is 9.57 Å². The third-order valence-corrected chi connectivity index (χ3v) is 8.34. The Balaban J connectivity index is 1.69. The fourth-order valence-corrected chi connectivity index (χ4v) is 5.97. The summed E-state index contributed by atoms with van der Waals surface area (Å²) in [6.45, 7) is -0.0242. The van der Waals surface area contributed by atoms with Gasteiger partial charge in [-0.3, -0.25) is 9.59 Å². The zero-order valence-electron chi connectivity index (χ0n) is 18.3. The molecule has 1 saturated heterocycles. The predicted octanol–water partition coefficient (Wildman–Crippen LogP) is 4.54. The summed E-state index contributed by atoms with van der Waals surface area (Å²) in [5, 5.41) is 9.53. The number of hydrogen-bond donors (Lipinski definition) is 0. The van der Waals surface area contributed by atoms with Gasteiger partial charge in [0.15, 0.2) is 0 Å². The first kappa shape index (κ1) is 25.1. The molecule has 1 heterocycles. The maximum atomic E-state index is 13.7. The van der Waals surface area contributed by atoms with E-state index >= 15 is 0 Å². The highest BCUT2D eigenvalue weighted by atomic mass is 79.9. The maximum absolute atomic E-state index is 13.7. The number of nitriles is 1. The first-order chi connectivity index (χ1) is 16.7. The lowest BCUT2D eigenvalue weighted by Crippen LogP contribution is -2.46. The van der Waals surface area contributed by atoms with E-state index in [1.165, 1.54) is 36.4 Å². The molecule has 7 nitrogen and oxygen atoms in total. The van der Waals surface area contributed by atoms with Crippen LogP contribution in [-0.4, -0.2) is 37.1 Å². The van der Waals surface area contributed by atoms with Crippen LogP contribution in [0.1, 0.15) is 17.5 Å². The Kier molecular flexibility index (Phi) is 7.38. The van der Waals surface area contributed by atoms with Crippen molar-refractivity contribution in [3.05, 3.63) is 93.4 Å². The van der Waals surface area contributed by atoms with Gasteiger partial charge in [0.25, 0.3) is 5.91 Å². The largest absolute Gasteiger partial charge is 0.274 e. The second kappa shape index (κ2) is 10.3. The van der Waals surface area contributed by atoms with Crippen molar-refractivity contribution in [2.75, 3.05) is 11.4 Å². The molecular formula is C25H19BrClN3O4S. The van der Waals surface area contributed by atoms with E-state index in [0.717, 1.165) is 14.8 Å². The van der Waals surface area contributed by atoms with E-state index in [1.807, 2.05) is 12.1 Å². The van der Waals surface area contributed by atoms with Crippen molar-refractivity contribution >= 4 is 55.1 Å². The van der Waals surface area contributed by atoms with E-state index in [0.29, 0.717) is 21.5 Å². The van der Waals surface area contributed by atoms with Crippen LogP contribution in [0.5, 0.6) is 0 Å². The quantitative estimate of drug-likeness (QED) is 0.387. The number of nitrogens with zero attached hydrogens (tertiary/aromatic N) is 3. The second-order valence-electron chi connectivity index (χ2n) is 7.90. The van der Waals surface area contributed by atoms with Crippen LogP contribution in [0.4, 0.5) is 5.69 Å². The van der Waals surface area contributed by atoms with Gasteiger partial charge in [0.1, 0.15) is 6.04 Å². The molecule has 0 bridgehead atoms. The molecule has 0 spiro atoms. The van der Waals surface area contributed by atoms with Crippen molar-refractivity contribution in [1.29, 1.82) is 5.26 Å². The number of rotatable bonds is 7. The number of carbonyl (C=O) groups excluding carboxylic acids is 2. The molecule has 0 radical (unpaired) electrons. The zero-order chi connectivity index (χ0) is 25.2. The number of benzene rings is 3. The Morgan fingerprint density at radius 1 is 1.06 bits per heavy atom. The van der Waals surface area contributed by atoms with E-state index in [1.54, 1.807) is 30.3 Å². The lowest BCUT2D eigenvalue weighted by atomic mass is 10.1. The van der Waals surface area contributed by atoms with Crippen LogP contribution in [0.2, 0.25) is 5.02 Å². The van der Waals surface area contributed by atoms with Gasteiger partial charge in [0, 0.05) is 16.0 Å². The van der Waals surface area contributed by atoms with Crippen LogP contribution in [0.25, 0.3) is 0 Å². The molecule has 1 aliphatic heterocycles. The van der Waals surface area contributed by atoms with Crippen molar-refractivity contribution in [1.82, 2.24) is 4.31 Å². The van der Waals surface area contributed by atoms with Crippen LogP contribution in [0, 0.1) is 11.3 Å². The fourth-order valence-electron chi connectivity index (χ4n) is 3.91. The van der Waals surface area contributed by atoms with Crippen molar-refractivity contribution < 1.29 is 18.0 Å². The van der Waals surface area contributed by atoms with Crippen molar-refractivity contribution in [2.24, 2.45) is 0 Å². The molecule has 1 atom stereocenters. The van der Waals surface area contributed by atoms with E-state index in [2.05, 4.69) is 15.9 Å². The van der Waals surface area contributed by atoms with Gasteiger partial charge in [0.2, 0.25) is 15.9 Å². The van der Waals surface area contributed by atoms with Gasteiger partial charge in [-0.15, -0.1) is 0 Å². The van der Waals surface area contributed by atoms with Crippen LogP contribution >= 0.6 is 27.5 Å². The van der Waals surface area contributed by atoms with Gasteiger partial charge < -0.3 is 0 Å². The molecule has 3 aromatic rings. The first-order valence-electron chi connectivity index (χ1n) is 10.6. The van der Waals surface area contributed by atoms with Gasteiger partial charge in [-0.25, -0.2) is 13.3 Å². The molecule has 0 aromatic heterocycles. The molecule has 35 heavy (non-hydrogen) atoms. The number of carbonyl (C=O) groups is 2.